The van der Waals surface area contributed by atoms with Crippen LogP contribution in [0.5, 0.6) is 5.75 Å². The molecule has 0 bridgehead atoms. The van der Waals surface area contributed by atoms with Crippen molar-refractivity contribution in [2.75, 3.05) is 26.9 Å². The Bertz CT molecular complexity index is 801. The third-order valence-electron chi connectivity index (χ3n) is 4.37. The molecule has 7 heteroatoms. The van der Waals surface area contributed by atoms with E-state index in [4.69, 9.17) is 13.9 Å². The van der Waals surface area contributed by atoms with E-state index < -0.39 is 10.0 Å². The zero-order valence-electron chi connectivity index (χ0n) is 14.5. The summed E-state index contributed by atoms with van der Waals surface area (Å²) in [6.45, 7) is 3.25. The predicted octanol–water partition coefficient (Wildman–Crippen LogP) is 3.14. The lowest BCUT2D eigenvalue weighted by molar-refractivity contribution is 0.146. The molecule has 1 atom stereocenters. The molecule has 1 aliphatic rings. The highest BCUT2D eigenvalue weighted by molar-refractivity contribution is 7.89. The molecule has 2 heterocycles. The number of benzene rings is 1. The standard InChI is InChI=1S/C18H23NO5S/c1-14-13-15(7-8-17(14)24-12-11-22-2)25(20,21)19-9-3-5-16(19)18-6-4-10-23-18/h4,6-8,10,13,16H,3,5,9,11-12H2,1-2H3. The first-order valence-corrected chi connectivity index (χ1v) is 9.75. The molecule has 2 aromatic rings. The first kappa shape index (κ1) is 18.0. The molecule has 6 nitrogen and oxygen atoms in total. The molecule has 1 aromatic carbocycles. The van der Waals surface area contributed by atoms with Crippen LogP contribution >= 0.6 is 0 Å². The van der Waals surface area contributed by atoms with Crippen LogP contribution in [-0.2, 0) is 14.8 Å². The summed E-state index contributed by atoms with van der Waals surface area (Å²) in [6, 6.07) is 8.34. The summed E-state index contributed by atoms with van der Waals surface area (Å²) < 4.78 is 43.7. The molecule has 0 radical (unpaired) electrons. The minimum atomic E-state index is -3.59. The van der Waals surface area contributed by atoms with Gasteiger partial charge in [0.1, 0.15) is 18.1 Å². The molecule has 25 heavy (non-hydrogen) atoms. The van der Waals surface area contributed by atoms with Gasteiger partial charge in [-0.15, -0.1) is 0 Å². The molecule has 0 amide bonds. The number of ether oxygens (including phenoxy) is 2. The Kier molecular flexibility index (Phi) is 5.46. The van der Waals surface area contributed by atoms with Crippen molar-refractivity contribution in [3.8, 4) is 5.75 Å². The monoisotopic (exact) mass is 365 g/mol. The van der Waals surface area contributed by atoms with Crippen molar-refractivity contribution in [3.05, 3.63) is 47.9 Å². The van der Waals surface area contributed by atoms with Crippen LogP contribution in [0.2, 0.25) is 0 Å². The van der Waals surface area contributed by atoms with Gasteiger partial charge in [0.15, 0.2) is 0 Å². The maximum absolute atomic E-state index is 13.1. The largest absolute Gasteiger partial charge is 0.491 e. The highest BCUT2D eigenvalue weighted by Crippen LogP contribution is 2.37. The van der Waals surface area contributed by atoms with E-state index in [1.807, 2.05) is 13.0 Å². The number of hydrogen-bond donors (Lipinski definition) is 0. The Morgan fingerprint density at radius 2 is 2.12 bits per heavy atom. The van der Waals surface area contributed by atoms with Gasteiger partial charge in [-0.2, -0.15) is 4.31 Å². The third kappa shape index (κ3) is 3.73. The Morgan fingerprint density at radius 1 is 1.28 bits per heavy atom. The molecule has 1 aromatic heterocycles. The predicted molar refractivity (Wildman–Crippen MR) is 93.1 cm³/mol. The van der Waals surface area contributed by atoms with Gasteiger partial charge in [-0.05, 0) is 55.7 Å². The quantitative estimate of drug-likeness (QED) is 0.705. The van der Waals surface area contributed by atoms with Crippen molar-refractivity contribution in [2.45, 2.75) is 30.7 Å². The van der Waals surface area contributed by atoms with Crippen molar-refractivity contribution in [3.63, 3.8) is 0 Å². The molecule has 1 fully saturated rings. The zero-order valence-corrected chi connectivity index (χ0v) is 15.3. The van der Waals surface area contributed by atoms with E-state index in [1.165, 1.54) is 4.31 Å². The molecule has 0 N–H and O–H groups in total. The molecule has 0 aliphatic carbocycles. The van der Waals surface area contributed by atoms with Crippen molar-refractivity contribution in [1.82, 2.24) is 4.31 Å². The SMILES string of the molecule is COCCOc1ccc(S(=O)(=O)N2CCCC2c2ccco2)cc1C. The van der Waals surface area contributed by atoms with E-state index in [9.17, 15) is 8.42 Å². The first-order valence-electron chi connectivity index (χ1n) is 8.31. The van der Waals surface area contributed by atoms with Crippen molar-refractivity contribution < 1.29 is 22.3 Å². The average molecular weight is 365 g/mol. The van der Waals surface area contributed by atoms with E-state index in [0.717, 1.165) is 18.4 Å². The summed E-state index contributed by atoms with van der Waals surface area (Å²) >= 11 is 0. The van der Waals surface area contributed by atoms with Crippen LogP contribution in [0.25, 0.3) is 0 Å². The summed E-state index contributed by atoms with van der Waals surface area (Å²) in [6.07, 6.45) is 3.17. The highest BCUT2D eigenvalue weighted by Gasteiger charge is 2.37. The summed E-state index contributed by atoms with van der Waals surface area (Å²) in [5.41, 5.74) is 0.783. The van der Waals surface area contributed by atoms with Crippen molar-refractivity contribution in [1.29, 1.82) is 0 Å². The molecule has 1 aliphatic heterocycles. The third-order valence-corrected chi connectivity index (χ3v) is 6.28. The van der Waals surface area contributed by atoms with Gasteiger partial charge in [-0.25, -0.2) is 8.42 Å². The number of hydrogen-bond acceptors (Lipinski definition) is 5. The van der Waals surface area contributed by atoms with Gasteiger partial charge in [0.2, 0.25) is 10.0 Å². The number of methoxy groups -OCH3 is 1. The van der Waals surface area contributed by atoms with Crippen LogP contribution in [0.1, 0.15) is 30.2 Å². The normalized spacial score (nSPS) is 18.6. The van der Waals surface area contributed by atoms with Gasteiger partial charge in [0, 0.05) is 13.7 Å². The van der Waals surface area contributed by atoms with Crippen molar-refractivity contribution in [2.24, 2.45) is 0 Å². The van der Waals surface area contributed by atoms with Gasteiger partial charge < -0.3 is 13.9 Å². The van der Waals surface area contributed by atoms with Crippen LogP contribution in [0.15, 0.2) is 45.9 Å². The van der Waals surface area contributed by atoms with Gasteiger partial charge in [-0.3, -0.25) is 0 Å². The second-order valence-corrected chi connectivity index (χ2v) is 7.95. The maximum Gasteiger partial charge on any atom is 0.243 e. The van der Waals surface area contributed by atoms with Crippen LogP contribution in [0, 0.1) is 6.92 Å². The van der Waals surface area contributed by atoms with E-state index in [0.29, 0.717) is 31.3 Å². The average Bonchev–Trinajstić information content (AvgIpc) is 3.27. The summed E-state index contributed by atoms with van der Waals surface area (Å²) in [5, 5.41) is 0. The second kappa shape index (κ2) is 7.59. The highest BCUT2D eigenvalue weighted by atomic mass is 32.2. The number of rotatable bonds is 7. The van der Waals surface area contributed by atoms with Crippen LogP contribution < -0.4 is 4.74 Å². The van der Waals surface area contributed by atoms with E-state index in [1.54, 1.807) is 37.6 Å². The van der Waals surface area contributed by atoms with Gasteiger partial charge in [0.25, 0.3) is 0 Å². The molecule has 0 saturated carbocycles. The van der Waals surface area contributed by atoms with Gasteiger partial charge in [-0.1, -0.05) is 0 Å². The molecular weight excluding hydrogens is 342 g/mol. The smallest absolute Gasteiger partial charge is 0.243 e. The van der Waals surface area contributed by atoms with E-state index >= 15 is 0 Å². The van der Waals surface area contributed by atoms with Gasteiger partial charge >= 0.3 is 0 Å². The first-order chi connectivity index (χ1) is 12.0. The fourth-order valence-corrected chi connectivity index (χ4v) is 4.86. The fraction of sp³-hybridized carbons (Fsp3) is 0.444. The van der Waals surface area contributed by atoms with Gasteiger partial charge in [0.05, 0.1) is 23.8 Å². The molecule has 136 valence electrons. The fourth-order valence-electron chi connectivity index (χ4n) is 3.11. The second-order valence-electron chi connectivity index (χ2n) is 6.06. The Labute approximate surface area is 148 Å². The zero-order chi connectivity index (χ0) is 17.9. The molecule has 1 saturated heterocycles. The summed E-state index contributed by atoms with van der Waals surface area (Å²) in [4.78, 5) is 0.280. The molecule has 0 spiro atoms. The maximum atomic E-state index is 13.1. The van der Waals surface area contributed by atoms with Crippen molar-refractivity contribution >= 4 is 10.0 Å². The minimum Gasteiger partial charge on any atom is -0.491 e. The van der Waals surface area contributed by atoms with E-state index in [-0.39, 0.29) is 10.9 Å². The number of nitrogens with zero attached hydrogens (tertiary/aromatic N) is 1. The van der Waals surface area contributed by atoms with Crippen LogP contribution in [0.4, 0.5) is 0 Å². The number of aryl methyl sites for hydroxylation is 1. The molecular formula is C18H23NO5S. The molecule has 3 rings (SSSR count). The minimum absolute atomic E-state index is 0.238. The Hall–Kier alpha value is -1.83. The Morgan fingerprint density at radius 3 is 2.80 bits per heavy atom. The lowest BCUT2D eigenvalue weighted by atomic mass is 10.2. The lowest BCUT2D eigenvalue weighted by Crippen LogP contribution is -2.30. The van der Waals surface area contributed by atoms with Crippen LogP contribution in [-0.4, -0.2) is 39.6 Å². The topological polar surface area (TPSA) is 69.0 Å². The lowest BCUT2D eigenvalue weighted by Gasteiger charge is -2.23. The molecule has 1 unspecified atom stereocenters. The van der Waals surface area contributed by atoms with E-state index in [2.05, 4.69) is 0 Å². The summed E-state index contributed by atoms with van der Waals surface area (Å²) in [7, 11) is -1.98. The number of sulfonamides is 1. The van der Waals surface area contributed by atoms with Crippen LogP contribution in [0.3, 0.4) is 0 Å². The number of furan rings is 1. The summed E-state index contributed by atoms with van der Waals surface area (Å²) in [5.74, 6) is 1.36. The Balaban J connectivity index is 1.83.